The summed E-state index contributed by atoms with van der Waals surface area (Å²) in [6.07, 6.45) is 13.5. The number of nitrogens with zero attached hydrogens (tertiary/aromatic N) is 3. The largest absolute Gasteiger partial charge is 0.358 e. The third-order valence-corrected chi connectivity index (χ3v) is 6.09. The first-order valence-electron chi connectivity index (χ1n) is 10.3. The van der Waals surface area contributed by atoms with Crippen LogP contribution in [0.2, 0.25) is 0 Å². The molecule has 1 saturated heterocycles. The SMILES string of the molecule is C#CC1CCN(c2ccc(-c3cnc(NC4Cc5ccccc5C4)nc3)[nH]2)CC1. The number of H-pyrrole nitrogens is 1. The molecule has 2 N–H and O–H groups in total. The van der Waals surface area contributed by atoms with Gasteiger partial charge in [0.2, 0.25) is 5.95 Å². The summed E-state index contributed by atoms with van der Waals surface area (Å²) in [6.45, 7) is 2.00. The van der Waals surface area contributed by atoms with Crippen molar-refractivity contribution in [1.82, 2.24) is 15.0 Å². The van der Waals surface area contributed by atoms with Crippen molar-refractivity contribution in [3.05, 3.63) is 59.9 Å². The minimum atomic E-state index is 0.362. The van der Waals surface area contributed by atoms with Gasteiger partial charge in [0.05, 0.1) is 5.69 Å². The number of rotatable bonds is 4. The summed E-state index contributed by atoms with van der Waals surface area (Å²) in [5, 5.41) is 3.48. The number of terminal acetylenes is 1. The van der Waals surface area contributed by atoms with Gasteiger partial charge in [0.25, 0.3) is 0 Å². The number of fused-ring (bicyclic) bond motifs is 1. The fourth-order valence-electron chi connectivity index (χ4n) is 4.41. The summed E-state index contributed by atoms with van der Waals surface area (Å²) in [4.78, 5) is 15.0. The molecular weight excluding hydrogens is 358 g/mol. The molecule has 0 unspecified atom stereocenters. The minimum Gasteiger partial charge on any atom is -0.358 e. The van der Waals surface area contributed by atoms with Gasteiger partial charge >= 0.3 is 0 Å². The molecule has 5 rings (SSSR count). The lowest BCUT2D eigenvalue weighted by Crippen LogP contribution is -2.33. The highest BCUT2D eigenvalue weighted by atomic mass is 15.2. The molecule has 0 saturated carbocycles. The van der Waals surface area contributed by atoms with E-state index in [0.717, 1.165) is 55.8 Å². The molecule has 3 aromatic rings. The summed E-state index contributed by atoms with van der Waals surface area (Å²) in [7, 11) is 0. The number of benzene rings is 1. The van der Waals surface area contributed by atoms with Crippen LogP contribution < -0.4 is 10.2 Å². The van der Waals surface area contributed by atoms with Gasteiger partial charge in [-0.15, -0.1) is 12.3 Å². The molecule has 29 heavy (non-hydrogen) atoms. The van der Waals surface area contributed by atoms with Gasteiger partial charge in [0, 0.05) is 43.0 Å². The molecule has 146 valence electrons. The molecule has 1 aliphatic carbocycles. The van der Waals surface area contributed by atoms with Gasteiger partial charge in [-0.2, -0.15) is 0 Å². The molecular formula is C24H25N5. The number of aromatic amines is 1. The molecule has 0 spiro atoms. The number of hydrogen-bond donors (Lipinski definition) is 2. The van der Waals surface area contributed by atoms with Crippen molar-refractivity contribution in [3.8, 4) is 23.6 Å². The maximum absolute atomic E-state index is 5.56. The van der Waals surface area contributed by atoms with Crippen LogP contribution in [-0.2, 0) is 12.8 Å². The lowest BCUT2D eigenvalue weighted by Gasteiger charge is -2.30. The van der Waals surface area contributed by atoms with Crippen LogP contribution in [0.15, 0.2) is 48.8 Å². The highest BCUT2D eigenvalue weighted by Gasteiger charge is 2.21. The normalized spacial score (nSPS) is 17.1. The van der Waals surface area contributed by atoms with Crippen LogP contribution in [0, 0.1) is 18.3 Å². The average Bonchev–Trinajstić information content (AvgIpc) is 3.41. The smallest absolute Gasteiger partial charge is 0.222 e. The molecule has 1 aromatic carbocycles. The molecule has 0 atom stereocenters. The fourth-order valence-corrected chi connectivity index (χ4v) is 4.41. The van der Waals surface area contributed by atoms with Gasteiger partial charge in [-0.25, -0.2) is 9.97 Å². The zero-order valence-electron chi connectivity index (χ0n) is 16.4. The van der Waals surface area contributed by atoms with E-state index in [1.807, 2.05) is 12.4 Å². The third-order valence-electron chi connectivity index (χ3n) is 6.09. The molecule has 5 heteroatoms. The topological polar surface area (TPSA) is 56.8 Å². The van der Waals surface area contributed by atoms with Crippen molar-refractivity contribution >= 4 is 11.8 Å². The molecule has 1 aliphatic heterocycles. The number of nitrogens with one attached hydrogen (secondary N) is 2. The number of hydrogen-bond acceptors (Lipinski definition) is 4. The zero-order valence-corrected chi connectivity index (χ0v) is 16.4. The average molecular weight is 383 g/mol. The predicted octanol–water partition coefficient (Wildman–Crippen LogP) is 3.90. The van der Waals surface area contributed by atoms with Crippen LogP contribution in [0.3, 0.4) is 0 Å². The summed E-state index contributed by atoms with van der Waals surface area (Å²) in [5.74, 6) is 5.13. The lowest BCUT2D eigenvalue weighted by molar-refractivity contribution is 0.490. The molecule has 3 heterocycles. The number of piperidine rings is 1. The molecule has 1 fully saturated rings. The van der Waals surface area contributed by atoms with E-state index in [1.165, 1.54) is 11.1 Å². The highest BCUT2D eigenvalue weighted by Crippen LogP contribution is 2.27. The summed E-state index contributed by atoms with van der Waals surface area (Å²) in [5.41, 5.74) is 4.88. The van der Waals surface area contributed by atoms with Crippen LogP contribution in [-0.4, -0.2) is 34.1 Å². The van der Waals surface area contributed by atoms with Crippen molar-refractivity contribution in [2.75, 3.05) is 23.3 Å². The standard InChI is InChI=1S/C24H25N5/c1-2-17-9-11-29(12-10-17)23-8-7-22(28-23)20-15-25-24(26-16-20)27-21-13-18-5-3-4-6-19(18)14-21/h1,3-8,15-17,21,28H,9-14H2,(H,25,26,27). The first-order valence-corrected chi connectivity index (χ1v) is 10.3. The lowest BCUT2D eigenvalue weighted by atomic mass is 9.98. The van der Waals surface area contributed by atoms with Crippen molar-refractivity contribution < 1.29 is 0 Å². The van der Waals surface area contributed by atoms with E-state index in [2.05, 4.69) is 67.5 Å². The summed E-state index contributed by atoms with van der Waals surface area (Å²) < 4.78 is 0. The Hall–Kier alpha value is -3.26. The van der Waals surface area contributed by atoms with Crippen LogP contribution in [0.4, 0.5) is 11.8 Å². The summed E-state index contributed by atoms with van der Waals surface area (Å²) in [6, 6.07) is 13.2. The van der Waals surface area contributed by atoms with E-state index in [4.69, 9.17) is 6.42 Å². The molecule has 0 radical (unpaired) electrons. The van der Waals surface area contributed by atoms with Crippen molar-refractivity contribution in [3.63, 3.8) is 0 Å². The molecule has 0 amide bonds. The molecule has 2 aliphatic rings. The van der Waals surface area contributed by atoms with Gasteiger partial charge in [-0.3, -0.25) is 0 Å². The second-order valence-electron chi connectivity index (χ2n) is 8.00. The Kier molecular flexibility index (Phi) is 4.69. The third kappa shape index (κ3) is 3.71. The second kappa shape index (κ2) is 7.63. The Morgan fingerprint density at radius 1 is 1.00 bits per heavy atom. The van der Waals surface area contributed by atoms with Gasteiger partial charge in [0.15, 0.2) is 0 Å². The molecule has 2 aromatic heterocycles. The maximum atomic E-state index is 5.56. The van der Waals surface area contributed by atoms with Crippen LogP contribution >= 0.6 is 0 Å². The van der Waals surface area contributed by atoms with Gasteiger partial charge < -0.3 is 15.2 Å². The highest BCUT2D eigenvalue weighted by molar-refractivity contribution is 5.62. The van der Waals surface area contributed by atoms with Gasteiger partial charge in [0.1, 0.15) is 5.82 Å². The van der Waals surface area contributed by atoms with Crippen molar-refractivity contribution in [1.29, 1.82) is 0 Å². The second-order valence-corrected chi connectivity index (χ2v) is 8.00. The Morgan fingerprint density at radius 2 is 1.69 bits per heavy atom. The number of aromatic nitrogens is 3. The Balaban J connectivity index is 1.22. The van der Waals surface area contributed by atoms with E-state index in [9.17, 15) is 0 Å². The van der Waals surface area contributed by atoms with Crippen LogP contribution in [0.1, 0.15) is 24.0 Å². The van der Waals surface area contributed by atoms with Crippen LogP contribution in [0.25, 0.3) is 11.3 Å². The first kappa shape index (κ1) is 17.8. The van der Waals surface area contributed by atoms with Gasteiger partial charge in [-0.1, -0.05) is 24.3 Å². The van der Waals surface area contributed by atoms with Gasteiger partial charge in [-0.05, 0) is 48.9 Å². The van der Waals surface area contributed by atoms with E-state index in [1.54, 1.807) is 0 Å². The van der Waals surface area contributed by atoms with E-state index < -0.39 is 0 Å². The Morgan fingerprint density at radius 3 is 2.34 bits per heavy atom. The monoisotopic (exact) mass is 383 g/mol. The summed E-state index contributed by atoms with van der Waals surface area (Å²) >= 11 is 0. The minimum absolute atomic E-state index is 0.362. The quantitative estimate of drug-likeness (QED) is 0.671. The van der Waals surface area contributed by atoms with E-state index in [-0.39, 0.29) is 0 Å². The zero-order chi connectivity index (χ0) is 19.6. The Bertz CT molecular complexity index is 997. The van der Waals surface area contributed by atoms with Crippen LogP contribution in [0.5, 0.6) is 0 Å². The fraction of sp³-hybridized carbons (Fsp3) is 0.333. The van der Waals surface area contributed by atoms with E-state index in [0.29, 0.717) is 17.9 Å². The maximum Gasteiger partial charge on any atom is 0.222 e. The van der Waals surface area contributed by atoms with Crippen molar-refractivity contribution in [2.24, 2.45) is 5.92 Å². The molecule has 0 bridgehead atoms. The Labute approximate surface area is 171 Å². The van der Waals surface area contributed by atoms with E-state index >= 15 is 0 Å². The number of anilines is 2. The van der Waals surface area contributed by atoms with Crippen molar-refractivity contribution in [2.45, 2.75) is 31.7 Å². The molecule has 5 nitrogen and oxygen atoms in total. The predicted molar refractivity (Wildman–Crippen MR) is 117 cm³/mol. The first-order chi connectivity index (χ1) is 14.3.